The summed E-state index contributed by atoms with van der Waals surface area (Å²) < 4.78 is 40.0. The van der Waals surface area contributed by atoms with Gasteiger partial charge in [0, 0.05) is 22.8 Å². The zero-order chi connectivity index (χ0) is 22.7. The van der Waals surface area contributed by atoms with E-state index in [0.29, 0.717) is 29.6 Å². The fourth-order valence-corrected chi connectivity index (χ4v) is 3.77. The topological polar surface area (TPSA) is 77.8 Å². The highest BCUT2D eigenvalue weighted by atomic mass is 19.4. The number of aromatic nitrogens is 1. The average Bonchev–Trinajstić information content (AvgIpc) is 2.78. The van der Waals surface area contributed by atoms with Crippen LogP contribution in [0, 0.1) is 11.3 Å². The summed E-state index contributed by atoms with van der Waals surface area (Å²) in [5.41, 5.74) is 0.860. The number of nitrogens with zero attached hydrogens (tertiary/aromatic N) is 2. The van der Waals surface area contributed by atoms with Crippen LogP contribution in [0.1, 0.15) is 40.9 Å². The Labute approximate surface area is 182 Å². The third-order valence-corrected chi connectivity index (χ3v) is 5.28. The second-order valence-electron chi connectivity index (χ2n) is 7.52. The van der Waals surface area contributed by atoms with Gasteiger partial charge in [-0.2, -0.15) is 18.4 Å². The number of carbonyl (C=O) groups is 1. The molecule has 2 aromatic carbocycles. The molecule has 0 radical (unpaired) electrons. The Morgan fingerprint density at radius 2 is 1.88 bits per heavy atom. The van der Waals surface area contributed by atoms with Crippen LogP contribution in [-0.4, -0.2) is 16.9 Å². The van der Waals surface area contributed by atoms with Crippen LogP contribution in [0.15, 0.2) is 66.4 Å². The summed E-state index contributed by atoms with van der Waals surface area (Å²) in [6.45, 7) is 0. The van der Waals surface area contributed by atoms with E-state index < -0.39 is 11.9 Å². The van der Waals surface area contributed by atoms with Crippen LogP contribution < -0.4 is 10.6 Å². The van der Waals surface area contributed by atoms with Gasteiger partial charge in [-0.05, 0) is 49.6 Å². The molecular weight excluding hydrogens is 417 g/mol. The Kier molecular flexibility index (Phi) is 5.82. The maximum Gasteiger partial charge on any atom is 0.433 e. The SMILES string of the molecule is N#Cc1ccccc1C(=O)NC1=C[C@@H](Nc2cc(C(F)(F)F)nc3ccccc23)CCC1. The van der Waals surface area contributed by atoms with E-state index in [1.165, 1.54) is 0 Å². The number of alkyl halides is 3. The Balaban J connectivity index is 1.59. The van der Waals surface area contributed by atoms with Gasteiger partial charge in [0.25, 0.3) is 5.91 Å². The van der Waals surface area contributed by atoms with E-state index in [4.69, 9.17) is 0 Å². The Hall–Kier alpha value is -3.86. The molecule has 0 spiro atoms. The molecule has 0 saturated heterocycles. The second kappa shape index (κ2) is 8.71. The van der Waals surface area contributed by atoms with Gasteiger partial charge >= 0.3 is 6.18 Å². The lowest BCUT2D eigenvalue weighted by molar-refractivity contribution is -0.140. The van der Waals surface area contributed by atoms with E-state index >= 15 is 0 Å². The molecule has 32 heavy (non-hydrogen) atoms. The summed E-state index contributed by atoms with van der Waals surface area (Å²) in [7, 11) is 0. The van der Waals surface area contributed by atoms with Gasteiger partial charge in [-0.15, -0.1) is 0 Å². The van der Waals surface area contributed by atoms with E-state index in [1.807, 2.05) is 12.1 Å². The van der Waals surface area contributed by atoms with Crippen LogP contribution in [0.3, 0.4) is 0 Å². The molecule has 4 rings (SSSR count). The molecule has 5 nitrogen and oxygen atoms in total. The van der Waals surface area contributed by atoms with Crippen molar-refractivity contribution in [1.82, 2.24) is 10.3 Å². The second-order valence-corrected chi connectivity index (χ2v) is 7.52. The first-order valence-corrected chi connectivity index (χ1v) is 10.1. The molecular formula is C24H19F3N4O. The molecule has 1 heterocycles. The number of anilines is 1. The van der Waals surface area contributed by atoms with Crippen molar-refractivity contribution in [3.63, 3.8) is 0 Å². The molecule has 0 unspecified atom stereocenters. The van der Waals surface area contributed by atoms with Crippen molar-refractivity contribution < 1.29 is 18.0 Å². The molecule has 0 aliphatic heterocycles. The number of amides is 1. The largest absolute Gasteiger partial charge is 0.433 e. The summed E-state index contributed by atoms with van der Waals surface area (Å²) in [5, 5.41) is 15.8. The molecule has 2 N–H and O–H groups in total. The molecule has 1 amide bonds. The maximum absolute atomic E-state index is 13.3. The molecule has 1 aromatic heterocycles. The van der Waals surface area contributed by atoms with Crippen molar-refractivity contribution in [3.8, 4) is 6.07 Å². The third-order valence-electron chi connectivity index (χ3n) is 5.28. The molecule has 162 valence electrons. The number of hydrogen-bond donors (Lipinski definition) is 2. The molecule has 0 bridgehead atoms. The van der Waals surface area contributed by atoms with E-state index in [9.17, 15) is 23.2 Å². The fourth-order valence-electron chi connectivity index (χ4n) is 3.77. The van der Waals surface area contributed by atoms with Gasteiger partial charge in [0.15, 0.2) is 0 Å². The van der Waals surface area contributed by atoms with E-state index in [1.54, 1.807) is 48.5 Å². The number of allylic oxidation sites excluding steroid dienone is 1. The van der Waals surface area contributed by atoms with E-state index in [-0.39, 0.29) is 28.6 Å². The monoisotopic (exact) mass is 436 g/mol. The van der Waals surface area contributed by atoms with Gasteiger partial charge in [0.1, 0.15) is 5.69 Å². The highest BCUT2D eigenvalue weighted by Crippen LogP contribution is 2.34. The van der Waals surface area contributed by atoms with Gasteiger partial charge in [0.2, 0.25) is 0 Å². The van der Waals surface area contributed by atoms with Crippen molar-refractivity contribution in [3.05, 3.63) is 83.2 Å². The number of hydrogen-bond acceptors (Lipinski definition) is 4. The number of nitriles is 1. The van der Waals surface area contributed by atoms with Crippen LogP contribution in [0.5, 0.6) is 0 Å². The lowest BCUT2D eigenvalue weighted by Gasteiger charge is -2.24. The van der Waals surface area contributed by atoms with Gasteiger partial charge in [-0.25, -0.2) is 4.98 Å². The van der Waals surface area contributed by atoms with Crippen LogP contribution in [-0.2, 0) is 6.18 Å². The van der Waals surface area contributed by atoms with Crippen LogP contribution >= 0.6 is 0 Å². The minimum atomic E-state index is -4.56. The highest BCUT2D eigenvalue weighted by molar-refractivity contribution is 5.97. The fraction of sp³-hybridized carbons (Fsp3) is 0.208. The molecule has 1 aliphatic rings. The van der Waals surface area contributed by atoms with Crippen molar-refractivity contribution in [2.45, 2.75) is 31.5 Å². The number of para-hydroxylation sites is 1. The predicted molar refractivity (Wildman–Crippen MR) is 115 cm³/mol. The summed E-state index contributed by atoms with van der Waals surface area (Å²) in [4.78, 5) is 16.4. The average molecular weight is 436 g/mol. The number of fused-ring (bicyclic) bond motifs is 1. The quantitative estimate of drug-likeness (QED) is 0.574. The van der Waals surface area contributed by atoms with Crippen molar-refractivity contribution in [2.75, 3.05) is 5.32 Å². The first kappa shape index (κ1) is 21.4. The normalized spacial score (nSPS) is 16.2. The first-order valence-electron chi connectivity index (χ1n) is 10.1. The number of benzene rings is 2. The Morgan fingerprint density at radius 1 is 1.12 bits per heavy atom. The Morgan fingerprint density at radius 3 is 2.66 bits per heavy atom. The smallest absolute Gasteiger partial charge is 0.378 e. The van der Waals surface area contributed by atoms with Crippen LogP contribution in [0.4, 0.5) is 18.9 Å². The standard InChI is InChI=1S/C24H19F3N4O/c25-24(26,27)22-13-21(19-10-3-4-11-20(19)31-22)29-16-7-5-8-17(12-16)30-23(32)18-9-2-1-6-15(18)14-28/h1-4,6,9-13,16H,5,7-8H2,(H,29,31)(H,30,32)/t16-/m0/s1. The molecule has 0 saturated carbocycles. The summed E-state index contributed by atoms with van der Waals surface area (Å²) in [6, 6.07) is 15.9. The number of rotatable bonds is 4. The molecule has 1 atom stereocenters. The van der Waals surface area contributed by atoms with Crippen molar-refractivity contribution in [1.29, 1.82) is 5.26 Å². The predicted octanol–water partition coefficient (Wildman–Crippen LogP) is 5.40. The van der Waals surface area contributed by atoms with Gasteiger partial charge in [-0.1, -0.05) is 30.3 Å². The minimum absolute atomic E-state index is 0.256. The van der Waals surface area contributed by atoms with Gasteiger partial charge in [0.05, 0.1) is 22.7 Å². The number of pyridine rings is 1. The molecule has 3 aromatic rings. The van der Waals surface area contributed by atoms with Gasteiger partial charge < -0.3 is 10.6 Å². The molecule has 0 fully saturated rings. The molecule has 8 heteroatoms. The van der Waals surface area contributed by atoms with Crippen LogP contribution in [0.25, 0.3) is 10.9 Å². The Bertz CT molecular complexity index is 1240. The van der Waals surface area contributed by atoms with Crippen molar-refractivity contribution in [2.24, 2.45) is 0 Å². The van der Waals surface area contributed by atoms with Gasteiger partial charge in [-0.3, -0.25) is 4.79 Å². The molecule has 1 aliphatic carbocycles. The number of carbonyl (C=O) groups excluding carboxylic acids is 1. The lowest BCUT2D eigenvalue weighted by Crippen LogP contribution is -2.29. The van der Waals surface area contributed by atoms with E-state index in [2.05, 4.69) is 15.6 Å². The highest BCUT2D eigenvalue weighted by Gasteiger charge is 2.33. The lowest BCUT2D eigenvalue weighted by atomic mass is 9.98. The van der Waals surface area contributed by atoms with Crippen LogP contribution in [0.2, 0.25) is 0 Å². The number of halogens is 3. The summed E-state index contributed by atoms with van der Waals surface area (Å²) in [6.07, 6.45) is -0.663. The third kappa shape index (κ3) is 4.57. The number of nitrogens with one attached hydrogen (secondary N) is 2. The van der Waals surface area contributed by atoms with Crippen molar-refractivity contribution >= 4 is 22.5 Å². The zero-order valence-electron chi connectivity index (χ0n) is 16.9. The maximum atomic E-state index is 13.3. The first-order chi connectivity index (χ1) is 15.3. The van der Waals surface area contributed by atoms with E-state index in [0.717, 1.165) is 12.5 Å². The minimum Gasteiger partial charge on any atom is -0.378 e. The zero-order valence-corrected chi connectivity index (χ0v) is 16.9. The summed E-state index contributed by atoms with van der Waals surface area (Å²) >= 11 is 0. The summed E-state index contributed by atoms with van der Waals surface area (Å²) in [5.74, 6) is -0.386.